The Morgan fingerprint density at radius 3 is 2.25 bits per heavy atom. The first kappa shape index (κ1) is 10.6. The molecule has 2 heteroatoms. The predicted octanol–water partition coefficient (Wildman–Crippen LogP) is 2.75. The quantitative estimate of drug-likeness (QED) is 0.752. The zero-order valence-electron chi connectivity index (χ0n) is 9.40. The van der Waals surface area contributed by atoms with Gasteiger partial charge in [-0.05, 0) is 48.2 Å². The summed E-state index contributed by atoms with van der Waals surface area (Å²) in [6.07, 6.45) is 0.860. The van der Waals surface area contributed by atoms with Gasteiger partial charge in [0.2, 0.25) is 0 Å². The molecule has 0 spiro atoms. The number of benzene rings is 2. The molecule has 82 valence electrons. The normalized spacial score (nSPS) is 10.3. The molecule has 0 aliphatic heterocycles. The van der Waals surface area contributed by atoms with Crippen molar-refractivity contribution in [3.05, 3.63) is 59.2 Å². The van der Waals surface area contributed by atoms with Gasteiger partial charge in [-0.3, -0.25) is 0 Å². The molecule has 16 heavy (non-hydrogen) atoms. The Morgan fingerprint density at radius 2 is 1.62 bits per heavy atom. The van der Waals surface area contributed by atoms with E-state index in [-0.39, 0.29) is 0 Å². The van der Waals surface area contributed by atoms with Crippen LogP contribution in [0.3, 0.4) is 0 Å². The van der Waals surface area contributed by atoms with Gasteiger partial charge in [0.05, 0.1) is 0 Å². The maximum absolute atomic E-state index is 5.97. The van der Waals surface area contributed by atoms with E-state index in [1.807, 2.05) is 36.4 Å². The fourth-order valence-electron chi connectivity index (χ4n) is 1.81. The van der Waals surface area contributed by atoms with Crippen LogP contribution in [-0.2, 0) is 6.42 Å². The summed E-state index contributed by atoms with van der Waals surface area (Å²) >= 11 is 0. The van der Waals surface area contributed by atoms with Gasteiger partial charge in [0.1, 0.15) is 0 Å². The van der Waals surface area contributed by atoms with Crippen molar-refractivity contribution in [3.8, 4) is 0 Å². The molecule has 2 nitrogen and oxygen atoms in total. The van der Waals surface area contributed by atoms with Crippen molar-refractivity contribution < 1.29 is 0 Å². The van der Waals surface area contributed by atoms with Gasteiger partial charge in [-0.2, -0.15) is 0 Å². The zero-order valence-corrected chi connectivity index (χ0v) is 9.40. The lowest BCUT2D eigenvalue weighted by molar-refractivity contribution is 1.16. The van der Waals surface area contributed by atoms with Crippen molar-refractivity contribution in [1.29, 1.82) is 0 Å². The van der Waals surface area contributed by atoms with Crippen molar-refractivity contribution >= 4 is 11.4 Å². The molecular weight excluding hydrogens is 196 g/mol. The average Bonchev–Trinajstić information content (AvgIpc) is 2.26. The molecule has 2 aromatic carbocycles. The maximum atomic E-state index is 5.97. The first-order chi connectivity index (χ1) is 7.66. The fourth-order valence-corrected chi connectivity index (χ4v) is 1.81. The number of hydrogen-bond donors (Lipinski definition) is 2. The lowest BCUT2D eigenvalue weighted by atomic mass is 9.99. The second kappa shape index (κ2) is 4.27. The Bertz CT molecular complexity index is 466. The second-order valence-corrected chi connectivity index (χ2v) is 4.06. The molecular formula is C14H16N2. The van der Waals surface area contributed by atoms with Crippen molar-refractivity contribution in [2.24, 2.45) is 0 Å². The molecule has 0 aromatic heterocycles. The molecule has 0 fully saturated rings. The van der Waals surface area contributed by atoms with Crippen LogP contribution >= 0.6 is 0 Å². The van der Waals surface area contributed by atoms with Crippen LogP contribution in [0, 0.1) is 6.92 Å². The number of nitrogens with two attached hydrogens (primary N) is 2. The van der Waals surface area contributed by atoms with Crippen LogP contribution in [0.2, 0.25) is 0 Å². The van der Waals surface area contributed by atoms with Crippen molar-refractivity contribution in [2.45, 2.75) is 13.3 Å². The molecule has 0 amide bonds. The third-order valence-electron chi connectivity index (χ3n) is 2.81. The minimum Gasteiger partial charge on any atom is -0.399 e. The van der Waals surface area contributed by atoms with E-state index in [1.54, 1.807) is 0 Å². The Kier molecular flexibility index (Phi) is 2.82. The van der Waals surface area contributed by atoms with Crippen molar-refractivity contribution in [1.82, 2.24) is 0 Å². The molecule has 0 aliphatic rings. The minimum absolute atomic E-state index is 0.793. The van der Waals surface area contributed by atoms with Crippen LogP contribution in [0.15, 0.2) is 42.5 Å². The monoisotopic (exact) mass is 212 g/mol. The summed E-state index contributed by atoms with van der Waals surface area (Å²) in [6, 6.07) is 13.9. The van der Waals surface area contributed by atoms with Crippen LogP contribution in [0.1, 0.15) is 16.7 Å². The number of hydrogen-bond acceptors (Lipinski definition) is 2. The number of anilines is 2. The van der Waals surface area contributed by atoms with Crippen LogP contribution in [0.5, 0.6) is 0 Å². The molecule has 0 unspecified atom stereocenters. The molecule has 2 rings (SSSR count). The van der Waals surface area contributed by atoms with Crippen molar-refractivity contribution in [3.63, 3.8) is 0 Å². The van der Waals surface area contributed by atoms with E-state index in [9.17, 15) is 0 Å². The highest BCUT2D eigenvalue weighted by molar-refractivity contribution is 5.53. The van der Waals surface area contributed by atoms with E-state index in [1.165, 1.54) is 16.7 Å². The summed E-state index contributed by atoms with van der Waals surface area (Å²) < 4.78 is 0. The summed E-state index contributed by atoms with van der Waals surface area (Å²) in [4.78, 5) is 0. The second-order valence-electron chi connectivity index (χ2n) is 4.06. The minimum atomic E-state index is 0.793. The Morgan fingerprint density at radius 1 is 0.938 bits per heavy atom. The molecule has 0 bridgehead atoms. The number of aryl methyl sites for hydroxylation is 1. The van der Waals surface area contributed by atoms with E-state index in [4.69, 9.17) is 11.5 Å². The molecule has 0 saturated heterocycles. The summed E-state index contributed by atoms with van der Waals surface area (Å²) in [6.45, 7) is 2.09. The number of rotatable bonds is 2. The van der Waals surface area contributed by atoms with E-state index in [0.29, 0.717) is 0 Å². The predicted molar refractivity (Wildman–Crippen MR) is 69.3 cm³/mol. The van der Waals surface area contributed by atoms with Gasteiger partial charge >= 0.3 is 0 Å². The van der Waals surface area contributed by atoms with Gasteiger partial charge in [0.15, 0.2) is 0 Å². The Hall–Kier alpha value is -1.96. The van der Waals surface area contributed by atoms with E-state index < -0.39 is 0 Å². The first-order valence-electron chi connectivity index (χ1n) is 5.35. The van der Waals surface area contributed by atoms with Crippen LogP contribution in [0.4, 0.5) is 11.4 Å². The standard InChI is InChI=1S/C14H16N2/c1-10-3-2-4-14(16)13(10)9-11-5-7-12(15)8-6-11/h2-8H,9,15-16H2,1H3. The Labute approximate surface area is 95.9 Å². The molecule has 2 aromatic rings. The molecule has 0 aliphatic carbocycles. The van der Waals surface area contributed by atoms with Gasteiger partial charge < -0.3 is 11.5 Å². The van der Waals surface area contributed by atoms with Gasteiger partial charge in [0, 0.05) is 11.4 Å². The van der Waals surface area contributed by atoms with Crippen LogP contribution in [-0.4, -0.2) is 0 Å². The first-order valence-corrected chi connectivity index (χ1v) is 5.35. The SMILES string of the molecule is Cc1cccc(N)c1Cc1ccc(N)cc1. The third kappa shape index (κ3) is 2.16. The van der Waals surface area contributed by atoms with Gasteiger partial charge in [-0.1, -0.05) is 24.3 Å². The van der Waals surface area contributed by atoms with E-state index in [2.05, 4.69) is 13.0 Å². The van der Waals surface area contributed by atoms with Gasteiger partial charge in [0.25, 0.3) is 0 Å². The summed E-state index contributed by atoms with van der Waals surface area (Å²) in [7, 11) is 0. The molecule has 0 saturated carbocycles. The lowest BCUT2D eigenvalue weighted by Gasteiger charge is -2.09. The largest absolute Gasteiger partial charge is 0.399 e. The van der Waals surface area contributed by atoms with Crippen molar-refractivity contribution in [2.75, 3.05) is 11.5 Å². The smallest absolute Gasteiger partial charge is 0.0352 e. The summed E-state index contributed by atoms with van der Waals surface area (Å²) in [5.41, 5.74) is 16.9. The van der Waals surface area contributed by atoms with E-state index >= 15 is 0 Å². The van der Waals surface area contributed by atoms with Crippen LogP contribution < -0.4 is 11.5 Å². The topological polar surface area (TPSA) is 52.0 Å². The summed E-state index contributed by atoms with van der Waals surface area (Å²) in [5.74, 6) is 0. The fraction of sp³-hybridized carbons (Fsp3) is 0.143. The highest BCUT2D eigenvalue weighted by Gasteiger charge is 2.03. The molecule has 0 atom stereocenters. The van der Waals surface area contributed by atoms with Gasteiger partial charge in [-0.25, -0.2) is 0 Å². The lowest BCUT2D eigenvalue weighted by Crippen LogP contribution is -1.98. The Balaban J connectivity index is 2.30. The summed E-state index contributed by atoms with van der Waals surface area (Å²) in [5, 5.41) is 0. The van der Waals surface area contributed by atoms with Gasteiger partial charge in [-0.15, -0.1) is 0 Å². The zero-order chi connectivity index (χ0) is 11.5. The highest BCUT2D eigenvalue weighted by atomic mass is 14.6. The van der Waals surface area contributed by atoms with E-state index in [0.717, 1.165) is 17.8 Å². The highest BCUT2D eigenvalue weighted by Crippen LogP contribution is 2.20. The molecule has 0 radical (unpaired) electrons. The number of nitrogen functional groups attached to an aromatic ring is 2. The third-order valence-corrected chi connectivity index (χ3v) is 2.81. The maximum Gasteiger partial charge on any atom is 0.0352 e. The molecule has 4 N–H and O–H groups in total. The van der Waals surface area contributed by atoms with Crippen LogP contribution in [0.25, 0.3) is 0 Å². The molecule has 0 heterocycles. The average molecular weight is 212 g/mol.